The lowest BCUT2D eigenvalue weighted by molar-refractivity contribution is 0.0762. The molecule has 0 radical (unpaired) electrons. The standard InChI is InChI=1S/C19H27N3O2/c1-12-13(2)20-18-16(12)7-6-8-17(18)19(23)22(4)10-14-9-15(24-5)11-21(14)3/h6-8,14-15,20H,9-11H2,1-5H3/t14-,15-/m0/s1. The molecule has 1 saturated heterocycles. The molecule has 2 heterocycles. The van der Waals surface area contributed by atoms with Crippen LogP contribution in [0.3, 0.4) is 0 Å². The van der Waals surface area contributed by atoms with Gasteiger partial charge in [0, 0.05) is 44.4 Å². The first-order valence-corrected chi connectivity index (χ1v) is 8.48. The quantitative estimate of drug-likeness (QED) is 0.938. The van der Waals surface area contributed by atoms with Gasteiger partial charge >= 0.3 is 0 Å². The van der Waals surface area contributed by atoms with Crippen molar-refractivity contribution < 1.29 is 9.53 Å². The fourth-order valence-corrected chi connectivity index (χ4v) is 3.68. The summed E-state index contributed by atoms with van der Waals surface area (Å²) in [6.07, 6.45) is 1.23. The first-order valence-electron chi connectivity index (χ1n) is 8.48. The molecule has 5 nitrogen and oxygen atoms in total. The first kappa shape index (κ1) is 17.0. The number of ether oxygens (including phenoxy) is 1. The summed E-state index contributed by atoms with van der Waals surface area (Å²) < 4.78 is 5.46. The van der Waals surface area contributed by atoms with Crippen molar-refractivity contribution in [2.45, 2.75) is 32.4 Å². The van der Waals surface area contributed by atoms with Crippen molar-refractivity contribution in [2.24, 2.45) is 0 Å². The SMILES string of the molecule is CO[C@H]1C[C@@H](CN(C)C(=O)c2cccc3c(C)c(C)[nH]c23)N(C)C1. The monoisotopic (exact) mass is 329 g/mol. The van der Waals surface area contributed by atoms with Crippen molar-refractivity contribution in [1.82, 2.24) is 14.8 Å². The largest absolute Gasteiger partial charge is 0.380 e. The van der Waals surface area contributed by atoms with Crippen molar-refractivity contribution in [3.8, 4) is 0 Å². The number of carbonyl (C=O) groups excluding carboxylic acids is 1. The lowest BCUT2D eigenvalue weighted by Gasteiger charge is -2.25. The number of hydrogen-bond acceptors (Lipinski definition) is 3. The summed E-state index contributed by atoms with van der Waals surface area (Å²) in [6, 6.07) is 6.29. The highest BCUT2D eigenvalue weighted by Gasteiger charge is 2.31. The van der Waals surface area contributed by atoms with E-state index in [9.17, 15) is 4.79 Å². The Morgan fingerprint density at radius 3 is 2.83 bits per heavy atom. The predicted octanol–water partition coefficient (Wildman–Crippen LogP) is 2.58. The molecule has 1 amide bonds. The van der Waals surface area contributed by atoms with Crippen molar-refractivity contribution in [3.63, 3.8) is 0 Å². The van der Waals surface area contributed by atoms with Gasteiger partial charge in [-0.2, -0.15) is 0 Å². The zero-order valence-corrected chi connectivity index (χ0v) is 15.2. The van der Waals surface area contributed by atoms with E-state index in [1.807, 2.05) is 31.0 Å². The van der Waals surface area contributed by atoms with Gasteiger partial charge in [-0.25, -0.2) is 0 Å². The topological polar surface area (TPSA) is 48.6 Å². The number of hydrogen-bond donors (Lipinski definition) is 1. The van der Waals surface area contributed by atoms with Crippen molar-refractivity contribution >= 4 is 16.8 Å². The highest BCUT2D eigenvalue weighted by Crippen LogP contribution is 2.25. The van der Waals surface area contributed by atoms with Crippen LogP contribution in [0.5, 0.6) is 0 Å². The predicted molar refractivity (Wildman–Crippen MR) is 96.6 cm³/mol. The lowest BCUT2D eigenvalue weighted by atomic mass is 10.1. The molecule has 1 aromatic carbocycles. The number of amides is 1. The van der Waals surface area contributed by atoms with Gasteiger partial charge in [-0.05, 0) is 38.9 Å². The average molecular weight is 329 g/mol. The van der Waals surface area contributed by atoms with Crippen LogP contribution in [0.25, 0.3) is 10.9 Å². The minimum absolute atomic E-state index is 0.0658. The van der Waals surface area contributed by atoms with Crippen molar-refractivity contribution in [2.75, 3.05) is 34.3 Å². The third-order valence-electron chi connectivity index (χ3n) is 5.39. The number of nitrogens with zero attached hydrogens (tertiary/aromatic N) is 2. The fraction of sp³-hybridized carbons (Fsp3) is 0.526. The van der Waals surface area contributed by atoms with Gasteiger partial charge in [0.15, 0.2) is 0 Å². The second-order valence-corrected chi connectivity index (χ2v) is 6.98. The molecule has 1 fully saturated rings. The molecule has 0 spiro atoms. The molecule has 0 saturated carbocycles. The summed E-state index contributed by atoms with van der Waals surface area (Å²) in [7, 11) is 5.74. The number of para-hydroxylation sites is 1. The maximum atomic E-state index is 13.0. The fourth-order valence-electron chi connectivity index (χ4n) is 3.68. The van der Waals surface area contributed by atoms with E-state index in [2.05, 4.69) is 29.9 Å². The maximum Gasteiger partial charge on any atom is 0.255 e. The molecular weight excluding hydrogens is 302 g/mol. The van der Waals surface area contributed by atoms with Gasteiger partial charge in [0.2, 0.25) is 0 Å². The van der Waals surface area contributed by atoms with E-state index in [1.54, 1.807) is 7.11 Å². The summed E-state index contributed by atoms with van der Waals surface area (Å²) in [6.45, 7) is 5.77. The third kappa shape index (κ3) is 2.94. The van der Waals surface area contributed by atoms with Gasteiger partial charge in [0.1, 0.15) is 0 Å². The van der Waals surface area contributed by atoms with Gasteiger partial charge in [-0.15, -0.1) is 0 Å². The van der Waals surface area contributed by atoms with Gasteiger partial charge in [-0.1, -0.05) is 12.1 Å². The Balaban J connectivity index is 1.80. The summed E-state index contributed by atoms with van der Waals surface area (Å²) in [5, 5.41) is 1.13. The zero-order valence-electron chi connectivity index (χ0n) is 15.2. The van der Waals surface area contributed by atoms with E-state index in [1.165, 1.54) is 5.56 Å². The molecule has 0 unspecified atom stereocenters. The molecule has 1 aromatic heterocycles. The molecule has 2 atom stereocenters. The van der Waals surface area contributed by atoms with Crippen LogP contribution in [0.4, 0.5) is 0 Å². The summed E-state index contributed by atoms with van der Waals surface area (Å²) in [5.74, 6) is 0.0658. The van der Waals surface area contributed by atoms with Gasteiger partial charge in [-0.3, -0.25) is 9.69 Å². The summed E-state index contributed by atoms with van der Waals surface area (Å²) in [4.78, 5) is 20.5. The Bertz CT molecular complexity index is 752. The number of fused-ring (bicyclic) bond motifs is 1. The van der Waals surface area contributed by atoms with Crippen LogP contribution in [0.15, 0.2) is 18.2 Å². The maximum absolute atomic E-state index is 13.0. The number of H-pyrrole nitrogens is 1. The number of rotatable bonds is 4. The van der Waals surface area contributed by atoms with Crippen LogP contribution in [0.1, 0.15) is 28.0 Å². The summed E-state index contributed by atoms with van der Waals surface area (Å²) >= 11 is 0. The van der Waals surface area contributed by atoms with E-state index < -0.39 is 0 Å². The molecule has 1 aliphatic rings. The van der Waals surface area contributed by atoms with E-state index in [-0.39, 0.29) is 12.0 Å². The van der Waals surface area contributed by atoms with E-state index in [0.717, 1.165) is 35.1 Å². The molecule has 5 heteroatoms. The third-order valence-corrected chi connectivity index (χ3v) is 5.39. The normalized spacial score (nSPS) is 21.5. The second kappa shape index (κ2) is 6.57. The number of benzene rings is 1. The van der Waals surface area contributed by atoms with Crippen LogP contribution < -0.4 is 0 Å². The Morgan fingerprint density at radius 2 is 2.17 bits per heavy atom. The Kier molecular flexibility index (Phi) is 4.65. The minimum Gasteiger partial charge on any atom is -0.380 e. The van der Waals surface area contributed by atoms with Gasteiger partial charge in [0.05, 0.1) is 17.2 Å². The number of carbonyl (C=O) groups is 1. The smallest absolute Gasteiger partial charge is 0.255 e. The number of methoxy groups -OCH3 is 1. The average Bonchev–Trinajstić information content (AvgIpc) is 3.07. The summed E-state index contributed by atoms with van der Waals surface area (Å²) in [5.41, 5.74) is 4.01. The minimum atomic E-state index is 0.0658. The molecule has 2 aromatic rings. The molecule has 0 bridgehead atoms. The number of aromatic nitrogens is 1. The molecule has 24 heavy (non-hydrogen) atoms. The highest BCUT2D eigenvalue weighted by atomic mass is 16.5. The first-order chi connectivity index (χ1) is 11.4. The molecule has 1 N–H and O–H groups in total. The molecular formula is C19H27N3O2. The van der Waals surface area contributed by atoms with Crippen LogP contribution in [0.2, 0.25) is 0 Å². The van der Waals surface area contributed by atoms with Gasteiger partial charge in [0.25, 0.3) is 5.91 Å². The Hall–Kier alpha value is -1.85. The van der Waals surface area contributed by atoms with Crippen LogP contribution >= 0.6 is 0 Å². The number of likely N-dealkylation sites (tertiary alicyclic amines) is 1. The second-order valence-electron chi connectivity index (χ2n) is 6.98. The number of nitrogens with one attached hydrogen (secondary N) is 1. The number of aryl methyl sites for hydroxylation is 2. The van der Waals surface area contributed by atoms with Crippen molar-refractivity contribution in [1.29, 1.82) is 0 Å². The van der Waals surface area contributed by atoms with E-state index in [4.69, 9.17) is 4.74 Å². The molecule has 3 rings (SSSR count). The number of likely N-dealkylation sites (N-methyl/N-ethyl adjacent to an activating group) is 2. The molecule has 130 valence electrons. The van der Waals surface area contributed by atoms with Crippen LogP contribution in [0, 0.1) is 13.8 Å². The lowest BCUT2D eigenvalue weighted by Crippen LogP contribution is -2.39. The molecule has 0 aliphatic carbocycles. The zero-order chi connectivity index (χ0) is 17.4. The Labute approximate surface area is 143 Å². The Morgan fingerprint density at radius 1 is 1.42 bits per heavy atom. The van der Waals surface area contributed by atoms with E-state index >= 15 is 0 Å². The highest BCUT2D eigenvalue weighted by molar-refractivity contribution is 6.06. The molecule has 1 aliphatic heterocycles. The van der Waals surface area contributed by atoms with Crippen LogP contribution in [-0.4, -0.2) is 67.1 Å². The van der Waals surface area contributed by atoms with Crippen molar-refractivity contribution in [3.05, 3.63) is 35.0 Å². The van der Waals surface area contributed by atoms with E-state index in [0.29, 0.717) is 12.6 Å². The van der Waals surface area contributed by atoms with Crippen LogP contribution in [-0.2, 0) is 4.74 Å². The number of aromatic amines is 1. The van der Waals surface area contributed by atoms with Gasteiger partial charge < -0.3 is 14.6 Å².